The molecule has 1 saturated carbocycles. The highest BCUT2D eigenvalue weighted by atomic mass is 19.4. The van der Waals surface area contributed by atoms with Crippen LogP contribution in [0.3, 0.4) is 0 Å². The summed E-state index contributed by atoms with van der Waals surface area (Å²) in [6, 6.07) is 3.29. The minimum Gasteiger partial charge on any atom is -0.449 e. The molecule has 172 valence electrons. The van der Waals surface area contributed by atoms with Gasteiger partial charge in [-0.1, -0.05) is 0 Å². The highest BCUT2D eigenvalue weighted by molar-refractivity contribution is 6.07. The van der Waals surface area contributed by atoms with Crippen LogP contribution in [0.15, 0.2) is 22.6 Å². The lowest BCUT2D eigenvalue weighted by Crippen LogP contribution is -2.38. The molecule has 1 saturated heterocycles. The van der Waals surface area contributed by atoms with Crippen molar-refractivity contribution in [2.75, 3.05) is 31.1 Å². The minimum atomic E-state index is -4.48. The number of anilines is 1. The molecule has 2 fully saturated rings. The zero-order valence-electron chi connectivity index (χ0n) is 17.3. The second-order valence-corrected chi connectivity index (χ2v) is 8.79. The van der Waals surface area contributed by atoms with Crippen molar-refractivity contribution in [1.29, 1.82) is 0 Å². The van der Waals surface area contributed by atoms with Gasteiger partial charge in [-0.2, -0.15) is 13.2 Å². The molecule has 0 unspecified atom stereocenters. The highest BCUT2D eigenvalue weighted by Crippen LogP contribution is 2.41. The molecule has 2 aliphatic heterocycles. The van der Waals surface area contributed by atoms with E-state index in [1.165, 1.54) is 6.07 Å². The number of furan rings is 1. The number of benzene rings is 1. The first-order valence-electron chi connectivity index (χ1n) is 10.8. The van der Waals surface area contributed by atoms with Gasteiger partial charge in [0, 0.05) is 25.0 Å². The van der Waals surface area contributed by atoms with Gasteiger partial charge >= 0.3 is 12.3 Å². The van der Waals surface area contributed by atoms with E-state index in [4.69, 9.17) is 13.9 Å². The lowest BCUT2D eigenvalue weighted by molar-refractivity contribution is -0.137. The normalized spacial score (nSPS) is 26.0. The van der Waals surface area contributed by atoms with E-state index in [0.29, 0.717) is 43.2 Å². The molecule has 1 spiro atoms. The van der Waals surface area contributed by atoms with Gasteiger partial charge in [0.15, 0.2) is 0 Å². The van der Waals surface area contributed by atoms with Crippen molar-refractivity contribution in [3.8, 4) is 0 Å². The van der Waals surface area contributed by atoms with E-state index in [0.717, 1.165) is 44.2 Å². The molecule has 2 aromatic rings. The number of carbonyl (C=O) groups is 2. The number of carbonyl (C=O) groups excluding carboxylic acids is 2. The van der Waals surface area contributed by atoms with Gasteiger partial charge in [0.05, 0.1) is 11.3 Å². The summed E-state index contributed by atoms with van der Waals surface area (Å²) in [6.07, 6.45) is -1.07. The van der Waals surface area contributed by atoms with Gasteiger partial charge < -0.3 is 24.1 Å². The molecule has 0 bridgehead atoms. The molecule has 1 aliphatic carbocycles. The van der Waals surface area contributed by atoms with E-state index < -0.39 is 29.4 Å². The van der Waals surface area contributed by atoms with Crippen molar-refractivity contribution in [3.63, 3.8) is 0 Å². The first-order chi connectivity index (χ1) is 15.2. The van der Waals surface area contributed by atoms with Gasteiger partial charge in [0.1, 0.15) is 17.8 Å². The topological polar surface area (TPSA) is 81.0 Å². The van der Waals surface area contributed by atoms with Crippen molar-refractivity contribution in [3.05, 3.63) is 29.5 Å². The lowest BCUT2D eigenvalue weighted by atomic mass is 9.78. The monoisotopic (exact) mass is 452 g/mol. The molecule has 7 nitrogen and oxygen atoms in total. The van der Waals surface area contributed by atoms with E-state index in [2.05, 4.69) is 5.32 Å². The molecule has 0 atom stereocenters. The Hall–Kier alpha value is -2.91. The fourth-order valence-corrected chi connectivity index (χ4v) is 4.95. The third kappa shape index (κ3) is 3.75. The zero-order valence-corrected chi connectivity index (χ0v) is 17.3. The van der Waals surface area contributed by atoms with Crippen LogP contribution in [-0.4, -0.2) is 43.9 Å². The van der Waals surface area contributed by atoms with Crippen molar-refractivity contribution in [2.45, 2.75) is 43.9 Å². The third-order valence-electron chi connectivity index (χ3n) is 6.76. The van der Waals surface area contributed by atoms with Crippen molar-refractivity contribution < 1.29 is 36.7 Å². The number of nitrogens with one attached hydrogen (secondary N) is 1. The Kier molecular flexibility index (Phi) is 4.98. The zero-order chi connectivity index (χ0) is 22.5. The van der Waals surface area contributed by atoms with Gasteiger partial charge in [-0.15, -0.1) is 0 Å². The van der Waals surface area contributed by atoms with Crippen LogP contribution in [0.5, 0.6) is 0 Å². The number of hydrogen-bond acceptors (Lipinski definition) is 6. The summed E-state index contributed by atoms with van der Waals surface area (Å²) in [5, 5.41) is 3.05. The molecule has 0 radical (unpaired) electrons. The Labute approximate surface area is 181 Å². The SMILES string of the molecule is O=C1OCC2(CCC(CCN3CCNC(=O)c4oc5ccc(C(F)(F)F)cc5c43)CC2)O1. The first-order valence-corrected chi connectivity index (χ1v) is 10.8. The number of alkyl halides is 3. The van der Waals surface area contributed by atoms with Crippen LogP contribution in [-0.2, 0) is 15.7 Å². The van der Waals surface area contributed by atoms with E-state index in [-0.39, 0.29) is 11.3 Å². The Bertz CT molecular complexity index is 1060. The Morgan fingerprint density at radius 3 is 2.66 bits per heavy atom. The fraction of sp³-hybridized carbons (Fsp3) is 0.545. The van der Waals surface area contributed by atoms with Crippen LogP contribution in [0.25, 0.3) is 11.0 Å². The van der Waals surface area contributed by atoms with Crippen LogP contribution >= 0.6 is 0 Å². The highest BCUT2D eigenvalue weighted by Gasteiger charge is 2.45. The number of halogens is 3. The Morgan fingerprint density at radius 1 is 1.19 bits per heavy atom. The van der Waals surface area contributed by atoms with Gasteiger partial charge in [0.2, 0.25) is 5.76 Å². The molecule has 5 rings (SSSR count). The number of rotatable bonds is 3. The maximum Gasteiger partial charge on any atom is 0.509 e. The van der Waals surface area contributed by atoms with Gasteiger partial charge in [0.25, 0.3) is 5.91 Å². The van der Waals surface area contributed by atoms with Crippen molar-refractivity contribution in [2.24, 2.45) is 5.92 Å². The van der Waals surface area contributed by atoms with E-state index in [9.17, 15) is 22.8 Å². The Morgan fingerprint density at radius 2 is 1.97 bits per heavy atom. The van der Waals surface area contributed by atoms with E-state index >= 15 is 0 Å². The maximum atomic E-state index is 13.3. The minimum absolute atomic E-state index is 0.0504. The molecule has 1 aromatic carbocycles. The number of nitrogens with zero attached hydrogens (tertiary/aromatic N) is 1. The molecular formula is C22H23F3N2O5. The van der Waals surface area contributed by atoms with Crippen molar-refractivity contribution >= 4 is 28.7 Å². The van der Waals surface area contributed by atoms with E-state index in [1.54, 1.807) is 0 Å². The summed E-state index contributed by atoms with van der Waals surface area (Å²) in [5.41, 5.74) is -0.600. The van der Waals surface area contributed by atoms with Crippen LogP contribution < -0.4 is 10.2 Å². The predicted molar refractivity (Wildman–Crippen MR) is 108 cm³/mol. The number of ether oxygens (including phenoxy) is 2. The summed E-state index contributed by atoms with van der Waals surface area (Å²) >= 11 is 0. The summed E-state index contributed by atoms with van der Waals surface area (Å²) < 4.78 is 55.8. The fourth-order valence-electron chi connectivity index (χ4n) is 4.95. The molecule has 3 heterocycles. The number of fused-ring (bicyclic) bond motifs is 3. The van der Waals surface area contributed by atoms with Crippen LogP contribution in [0.1, 0.15) is 48.2 Å². The predicted octanol–water partition coefficient (Wildman–Crippen LogP) is 4.49. The Balaban J connectivity index is 1.35. The lowest BCUT2D eigenvalue weighted by Gasteiger charge is -2.34. The van der Waals surface area contributed by atoms with E-state index in [1.807, 2.05) is 4.90 Å². The van der Waals surface area contributed by atoms with Gasteiger partial charge in [-0.25, -0.2) is 4.79 Å². The molecule has 32 heavy (non-hydrogen) atoms. The number of amides is 1. The average molecular weight is 452 g/mol. The molecule has 3 aliphatic rings. The van der Waals surface area contributed by atoms with Gasteiger partial charge in [-0.05, 0) is 56.2 Å². The summed E-state index contributed by atoms with van der Waals surface area (Å²) in [4.78, 5) is 25.7. The number of hydrogen-bond donors (Lipinski definition) is 1. The number of cyclic esters (lactones) is 1. The molecule has 1 aromatic heterocycles. The average Bonchev–Trinajstić information content (AvgIpc) is 3.26. The first kappa shape index (κ1) is 21.0. The molecule has 10 heteroatoms. The summed E-state index contributed by atoms with van der Waals surface area (Å²) in [5.74, 6) is 0.0172. The second-order valence-electron chi connectivity index (χ2n) is 8.79. The third-order valence-corrected chi connectivity index (χ3v) is 6.76. The summed E-state index contributed by atoms with van der Waals surface area (Å²) in [6.45, 7) is 1.74. The van der Waals surface area contributed by atoms with Crippen LogP contribution in [0, 0.1) is 5.92 Å². The van der Waals surface area contributed by atoms with Gasteiger partial charge in [-0.3, -0.25) is 4.79 Å². The maximum absolute atomic E-state index is 13.3. The van der Waals surface area contributed by atoms with Crippen LogP contribution in [0.2, 0.25) is 0 Å². The molecule has 1 N–H and O–H groups in total. The molecule has 1 amide bonds. The molecular weight excluding hydrogens is 429 g/mol. The summed E-state index contributed by atoms with van der Waals surface area (Å²) in [7, 11) is 0. The van der Waals surface area contributed by atoms with Crippen molar-refractivity contribution in [1.82, 2.24) is 5.32 Å². The van der Waals surface area contributed by atoms with Crippen LogP contribution in [0.4, 0.5) is 23.7 Å². The quantitative estimate of drug-likeness (QED) is 0.692. The standard InChI is InChI=1S/C22H23F3N2O5/c23-22(24,25)14-1-2-16-15(11-14)17-18(31-16)19(28)26-8-10-27(17)9-5-13-3-6-21(7-4-13)12-30-20(29)32-21/h1-2,11,13H,3-10,12H2,(H,26,28). The second kappa shape index (κ2) is 7.60. The smallest absolute Gasteiger partial charge is 0.449 e. The largest absolute Gasteiger partial charge is 0.509 e.